The normalized spacial score (nSPS) is 13.7. The fraction of sp³-hybridized carbons (Fsp3) is 0.274. The third kappa shape index (κ3) is 14.4. The number of hydrogen-bond acceptors (Lipinski definition) is 9. The molecule has 3 atom stereocenters. The number of rotatable bonds is 15. The molecule has 0 amide bonds. The van der Waals surface area contributed by atoms with Gasteiger partial charge in [-0.05, 0) is 93.1 Å². The van der Waals surface area contributed by atoms with Gasteiger partial charge in [0.1, 0.15) is 16.8 Å². The molecule has 0 aliphatic heterocycles. The summed E-state index contributed by atoms with van der Waals surface area (Å²) in [5, 5.41) is 32.5. The summed E-state index contributed by atoms with van der Waals surface area (Å²) in [6, 6.07) is 28.0. The second-order valence-electron chi connectivity index (χ2n) is 20.9. The van der Waals surface area contributed by atoms with E-state index in [9.17, 15) is 56.0 Å². The Morgan fingerprint density at radius 2 is 0.857 bits per heavy atom. The molecule has 0 aliphatic rings. The summed E-state index contributed by atoms with van der Waals surface area (Å²) in [6.45, 7) is 30.6. The number of carbonyl (C=O) groups is 3. The molecule has 0 bridgehead atoms. The van der Waals surface area contributed by atoms with Gasteiger partial charge < -0.3 is 29.0 Å². The Morgan fingerprint density at radius 1 is 0.500 bits per heavy atom. The number of alkyl halides is 6. The molecule has 0 saturated heterocycles. The smallest absolute Gasteiger partial charge is 0.380 e. The van der Waals surface area contributed by atoms with Crippen molar-refractivity contribution in [1.82, 2.24) is 28.7 Å². The first kappa shape index (κ1) is 62.6. The second kappa shape index (κ2) is 24.8. The van der Waals surface area contributed by atoms with Crippen LogP contribution in [0, 0.1) is 40.5 Å². The molecular formula is C62H54ClF6N9O6. The molecule has 15 nitrogen and oxygen atoms in total. The number of fused-ring (bicyclic) bond motifs is 3. The SMILES string of the molecule is [C-]#[N+]c1ccc(CC(=O)[C@@](C)(O)Cn2cnc3c(C)cccc32)cc1C(F)(F)F.[C-]#[N+]c1ccc(CC(=O)[C@@](C)(O)Cn2cnc3c(C)cccc32)cc1Cl.[C-]#[N+]c1ccc(CC(=O)[C@@](C)(O)Cn2cnc3cccc(C)c32)cc1C(F)(F)F. The minimum Gasteiger partial charge on any atom is -0.380 e. The molecule has 6 aromatic carbocycles. The minimum absolute atomic E-state index is 0.0384. The first-order valence-electron chi connectivity index (χ1n) is 25.7. The van der Waals surface area contributed by atoms with Crippen molar-refractivity contribution >= 4 is 79.1 Å². The largest absolute Gasteiger partial charge is 0.407 e. The van der Waals surface area contributed by atoms with Crippen molar-refractivity contribution in [2.75, 3.05) is 0 Å². The number of Topliss-reactive ketones (excluding diaryl/α,β-unsaturated/α-hetero) is 3. The molecular weight excluding hydrogens is 1120 g/mol. The van der Waals surface area contributed by atoms with E-state index >= 15 is 0 Å². The number of nitrogens with zero attached hydrogens (tertiary/aromatic N) is 9. The first-order valence-corrected chi connectivity index (χ1v) is 26.0. The van der Waals surface area contributed by atoms with Gasteiger partial charge in [-0.2, -0.15) is 26.3 Å². The summed E-state index contributed by atoms with van der Waals surface area (Å²) in [4.78, 5) is 59.9. The van der Waals surface area contributed by atoms with Crippen LogP contribution in [-0.4, -0.2) is 78.1 Å². The van der Waals surface area contributed by atoms with E-state index in [4.69, 9.17) is 31.3 Å². The highest BCUT2D eigenvalue weighted by Gasteiger charge is 2.38. The van der Waals surface area contributed by atoms with E-state index in [0.29, 0.717) is 16.3 Å². The standard InChI is InChI=1S/2C21H18F3N3O2.C20H18ClN3O2/c1-13-5-4-6-17-19(13)26-12-27(17)11-20(2,29)18(28)10-14-7-8-16(25-3)15(9-14)21(22,23)24;1-13-5-4-6-17-19(13)27(12-26-17)11-20(2,29)18(28)10-14-7-8-16(25-3)15(9-14)21(22,23)24;1-13-5-4-6-17-19(13)23-12-24(17)11-20(2,26)18(25)10-14-7-8-16(22-3)15(21)9-14/h2*4-9,12,29H,10-11H2,1-2H3;4-9,12,26H,10-11H2,1-2H3/t3*20-/m000/s1. The molecule has 0 radical (unpaired) electrons. The average Bonchev–Trinajstić information content (AvgIpc) is 3.36. The van der Waals surface area contributed by atoms with Crippen molar-refractivity contribution in [3.05, 3.63) is 212 Å². The van der Waals surface area contributed by atoms with Crippen molar-refractivity contribution in [3.63, 3.8) is 0 Å². The zero-order valence-electron chi connectivity index (χ0n) is 46.1. The van der Waals surface area contributed by atoms with E-state index in [2.05, 4.69) is 29.5 Å². The molecule has 3 N–H and O–H groups in total. The number of halogens is 7. The molecule has 9 aromatic rings. The highest BCUT2D eigenvalue weighted by molar-refractivity contribution is 6.33. The number of aliphatic hydroxyl groups is 3. The van der Waals surface area contributed by atoms with Gasteiger partial charge >= 0.3 is 12.4 Å². The third-order valence-electron chi connectivity index (χ3n) is 14.0. The molecule has 0 unspecified atom stereocenters. The van der Waals surface area contributed by atoms with Crippen LogP contribution in [0.25, 0.3) is 47.6 Å². The minimum atomic E-state index is -4.70. The van der Waals surface area contributed by atoms with Crippen LogP contribution in [0.1, 0.15) is 65.3 Å². The lowest BCUT2D eigenvalue weighted by molar-refractivity contribution is -0.138. The topological polar surface area (TPSA) is 178 Å². The maximum Gasteiger partial charge on any atom is 0.407 e. The molecule has 432 valence electrons. The first-order chi connectivity index (χ1) is 39.4. The Hall–Kier alpha value is -9.04. The van der Waals surface area contributed by atoms with Crippen molar-refractivity contribution < 1.29 is 56.0 Å². The molecule has 9 rings (SSSR count). The van der Waals surface area contributed by atoms with Gasteiger partial charge in [0, 0.05) is 24.3 Å². The van der Waals surface area contributed by atoms with Gasteiger partial charge in [0.05, 0.1) is 103 Å². The van der Waals surface area contributed by atoms with E-state index in [1.807, 2.05) is 75.4 Å². The Labute approximate surface area is 483 Å². The van der Waals surface area contributed by atoms with Gasteiger partial charge in [-0.25, -0.2) is 29.5 Å². The highest BCUT2D eigenvalue weighted by Crippen LogP contribution is 2.39. The van der Waals surface area contributed by atoms with E-state index in [1.54, 1.807) is 38.2 Å². The predicted octanol–water partition coefficient (Wildman–Crippen LogP) is 13.1. The van der Waals surface area contributed by atoms with Gasteiger partial charge in [0.25, 0.3) is 0 Å². The van der Waals surface area contributed by atoms with Crippen LogP contribution < -0.4 is 0 Å². The molecule has 0 saturated carbocycles. The highest BCUT2D eigenvalue weighted by atomic mass is 35.5. The van der Waals surface area contributed by atoms with Crippen molar-refractivity contribution in [1.29, 1.82) is 0 Å². The van der Waals surface area contributed by atoms with E-state index in [0.717, 1.165) is 74.1 Å². The Bertz CT molecular complexity index is 4120. The third-order valence-corrected chi connectivity index (χ3v) is 14.3. The van der Waals surface area contributed by atoms with Crippen LogP contribution in [0.5, 0.6) is 0 Å². The average molecular weight is 1170 g/mol. The Balaban J connectivity index is 0.000000181. The summed E-state index contributed by atoms with van der Waals surface area (Å²) in [5.74, 6) is -1.58. The maximum absolute atomic E-state index is 13.1. The molecule has 0 fully saturated rings. The van der Waals surface area contributed by atoms with Gasteiger partial charge in [0.2, 0.25) is 5.69 Å². The second-order valence-corrected chi connectivity index (χ2v) is 21.3. The summed E-state index contributed by atoms with van der Waals surface area (Å²) >= 11 is 6.02. The lowest BCUT2D eigenvalue weighted by atomic mass is 9.93. The number of imidazole rings is 3. The molecule has 84 heavy (non-hydrogen) atoms. The molecule has 22 heteroatoms. The van der Waals surface area contributed by atoms with Gasteiger partial charge in [-0.15, -0.1) is 0 Å². The number of ketones is 3. The van der Waals surface area contributed by atoms with E-state index in [1.165, 1.54) is 45.6 Å². The number of aryl methyl sites for hydroxylation is 3. The maximum atomic E-state index is 13.1. The monoisotopic (exact) mass is 1170 g/mol. The molecule has 0 aliphatic carbocycles. The van der Waals surface area contributed by atoms with Crippen LogP contribution in [-0.2, 0) is 65.6 Å². The van der Waals surface area contributed by atoms with E-state index in [-0.39, 0.29) is 55.8 Å². The van der Waals surface area contributed by atoms with Crippen molar-refractivity contribution in [2.24, 2.45) is 0 Å². The van der Waals surface area contributed by atoms with Crippen LogP contribution in [0.2, 0.25) is 5.02 Å². The lowest BCUT2D eigenvalue weighted by Gasteiger charge is -2.23. The Morgan fingerprint density at radius 3 is 1.25 bits per heavy atom. The van der Waals surface area contributed by atoms with Gasteiger partial charge in [-0.1, -0.05) is 103 Å². The van der Waals surface area contributed by atoms with E-state index < -0.39 is 63.2 Å². The fourth-order valence-corrected chi connectivity index (χ4v) is 9.57. The molecule has 3 aromatic heterocycles. The van der Waals surface area contributed by atoms with Gasteiger partial charge in [0.15, 0.2) is 28.7 Å². The van der Waals surface area contributed by atoms with Crippen LogP contribution >= 0.6 is 11.6 Å². The number of carbonyl (C=O) groups excluding carboxylic acids is 3. The molecule has 0 spiro atoms. The summed E-state index contributed by atoms with van der Waals surface area (Å²) in [6.07, 6.45) is -5.46. The van der Waals surface area contributed by atoms with Crippen LogP contribution in [0.15, 0.2) is 128 Å². The zero-order valence-corrected chi connectivity index (χ0v) is 46.9. The Kier molecular flexibility index (Phi) is 18.5. The summed E-state index contributed by atoms with van der Waals surface area (Å²) < 4.78 is 83.9. The summed E-state index contributed by atoms with van der Waals surface area (Å²) in [7, 11) is 0. The molecule has 3 heterocycles. The van der Waals surface area contributed by atoms with Crippen molar-refractivity contribution in [3.8, 4) is 0 Å². The van der Waals surface area contributed by atoms with Crippen molar-refractivity contribution in [2.45, 2.75) is 110 Å². The number of benzene rings is 6. The quantitative estimate of drug-likeness (QED) is 0.0665. The number of hydrogen-bond donors (Lipinski definition) is 3. The lowest BCUT2D eigenvalue weighted by Crippen LogP contribution is -2.40. The zero-order chi connectivity index (χ0) is 61.7. The summed E-state index contributed by atoms with van der Waals surface area (Å²) in [5.41, 5.74) is 0.420. The van der Waals surface area contributed by atoms with Crippen LogP contribution in [0.3, 0.4) is 0 Å². The van der Waals surface area contributed by atoms with Gasteiger partial charge in [-0.3, -0.25) is 14.4 Å². The number of aromatic nitrogens is 6. The fourth-order valence-electron chi connectivity index (χ4n) is 9.32. The number of para-hydroxylation sites is 3. The van der Waals surface area contributed by atoms with Crippen LogP contribution in [0.4, 0.5) is 43.4 Å². The predicted molar refractivity (Wildman–Crippen MR) is 305 cm³/mol.